The molecule has 0 aliphatic heterocycles. The summed E-state index contributed by atoms with van der Waals surface area (Å²) in [5, 5.41) is 5.97. The van der Waals surface area contributed by atoms with Crippen LogP contribution in [0, 0.1) is 5.82 Å². The topological polar surface area (TPSA) is 63.2 Å². The molecule has 2 aromatic carbocycles. The zero-order valence-corrected chi connectivity index (χ0v) is 18.7. The second kappa shape index (κ2) is 11.1. The first-order chi connectivity index (χ1) is 16.2. The lowest BCUT2D eigenvalue weighted by Gasteiger charge is -2.26. The van der Waals surface area contributed by atoms with E-state index >= 15 is 0 Å². The average Bonchev–Trinajstić information content (AvgIpc) is 2.84. The number of ether oxygens (including phenoxy) is 1. The first-order valence-corrected chi connectivity index (χ1v) is 10.6. The van der Waals surface area contributed by atoms with Crippen molar-refractivity contribution in [2.45, 2.75) is 31.1 Å². The van der Waals surface area contributed by atoms with Crippen LogP contribution >= 0.6 is 0 Å². The molecule has 3 rings (SSSR count). The number of nitrogens with zero attached hydrogens (tertiary/aromatic N) is 1. The van der Waals surface area contributed by atoms with E-state index in [2.05, 4.69) is 15.6 Å². The number of carbonyl (C=O) groups is 1. The summed E-state index contributed by atoms with van der Waals surface area (Å²) >= 11 is 0. The standard InChI is InChI=1S/C25H25F4N3O2/c1-30-24(33)23(17-6-4-3-5-7-17)32-20(18-10-11-19(26)21(14-18)34-2)12-8-16-9-13-22(31-15-16)25(27,28)29/h3-7,9-11,13-15,20,23,32H,8,12H2,1-2H3,(H,30,33)/t20-,23+/m1/s1. The Kier molecular flexibility index (Phi) is 8.22. The molecule has 3 aromatic rings. The van der Waals surface area contributed by atoms with Gasteiger partial charge in [0.1, 0.15) is 11.7 Å². The van der Waals surface area contributed by atoms with E-state index in [1.54, 1.807) is 12.1 Å². The lowest BCUT2D eigenvalue weighted by atomic mass is 9.96. The Morgan fingerprint density at radius 1 is 1.06 bits per heavy atom. The van der Waals surface area contributed by atoms with Crippen molar-refractivity contribution in [2.24, 2.45) is 0 Å². The van der Waals surface area contributed by atoms with Crippen LogP contribution in [0.2, 0.25) is 0 Å². The summed E-state index contributed by atoms with van der Waals surface area (Å²) in [6, 6.07) is 14.7. The molecule has 0 radical (unpaired) electrons. The van der Waals surface area contributed by atoms with Gasteiger partial charge < -0.3 is 10.1 Å². The van der Waals surface area contributed by atoms with E-state index in [9.17, 15) is 22.4 Å². The van der Waals surface area contributed by atoms with Gasteiger partial charge in [-0.05, 0) is 47.7 Å². The fraction of sp³-hybridized carbons (Fsp3) is 0.280. The van der Waals surface area contributed by atoms with Crippen molar-refractivity contribution in [3.63, 3.8) is 0 Å². The van der Waals surface area contributed by atoms with Gasteiger partial charge in [0.2, 0.25) is 5.91 Å². The number of methoxy groups -OCH3 is 1. The normalized spacial score (nSPS) is 13.2. The summed E-state index contributed by atoms with van der Waals surface area (Å²) in [4.78, 5) is 16.2. The smallest absolute Gasteiger partial charge is 0.433 e. The number of benzene rings is 2. The maximum absolute atomic E-state index is 14.0. The van der Waals surface area contributed by atoms with Gasteiger partial charge >= 0.3 is 6.18 Å². The maximum Gasteiger partial charge on any atom is 0.433 e. The molecular formula is C25H25F4N3O2. The van der Waals surface area contributed by atoms with E-state index in [-0.39, 0.29) is 11.7 Å². The number of nitrogens with one attached hydrogen (secondary N) is 2. The van der Waals surface area contributed by atoms with Crippen LogP contribution in [0.25, 0.3) is 0 Å². The van der Waals surface area contributed by atoms with Crippen LogP contribution in [-0.4, -0.2) is 25.0 Å². The van der Waals surface area contributed by atoms with Crippen molar-refractivity contribution in [1.29, 1.82) is 0 Å². The zero-order valence-electron chi connectivity index (χ0n) is 18.7. The Morgan fingerprint density at radius 3 is 2.38 bits per heavy atom. The SMILES string of the molecule is CNC(=O)[C@@H](N[C@H](CCc1ccc(C(F)(F)F)nc1)c1ccc(F)c(OC)c1)c1ccccc1. The summed E-state index contributed by atoms with van der Waals surface area (Å²) in [6.07, 6.45) is -2.54. The summed E-state index contributed by atoms with van der Waals surface area (Å²) in [6.45, 7) is 0. The predicted molar refractivity (Wildman–Crippen MR) is 120 cm³/mol. The monoisotopic (exact) mass is 475 g/mol. The van der Waals surface area contributed by atoms with Crippen molar-refractivity contribution < 1.29 is 27.1 Å². The zero-order chi connectivity index (χ0) is 24.7. The highest BCUT2D eigenvalue weighted by Crippen LogP contribution is 2.30. The molecule has 0 spiro atoms. The van der Waals surface area contributed by atoms with Gasteiger partial charge in [0.25, 0.3) is 0 Å². The lowest BCUT2D eigenvalue weighted by Crippen LogP contribution is -2.38. The number of aryl methyl sites for hydroxylation is 1. The van der Waals surface area contributed by atoms with Gasteiger partial charge in [0.05, 0.1) is 7.11 Å². The number of amides is 1. The van der Waals surface area contributed by atoms with Crippen molar-refractivity contribution in [3.8, 4) is 5.75 Å². The number of halogens is 4. The van der Waals surface area contributed by atoms with Crippen molar-refractivity contribution in [3.05, 3.63) is 95.1 Å². The summed E-state index contributed by atoms with van der Waals surface area (Å²) in [5.74, 6) is -0.735. The molecule has 0 unspecified atom stereocenters. The average molecular weight is 475 g/mol. The number of alkyl halides is 3. The molecule has 1 heterocycles. The van der Waals surface area contributed by atoms with E-state index in [4.69, 9.17) is 4.74 Å². The second-order valence-electron chi connectivity index (χ2n) is 7.66. The van der Waals surface area contributed by atoms with Crippen LogP contribution in [-0.2, 0) is 17.4 Å². The highest BCUT2D eigenvalue weighted by Gasteiger charge is 2.32. The maximum atomic E-state index is 14.0. The van der Waals surface area contributed by atoms with Gasteiger partial charge in [0, 0.05) is 19.3 Å². The Morgan fingerprint density at radius 2 is 1.79 bits per heavy atom. The molecule has 1 aromatic heterocycles. The number of hydrogen-bond donors (Lipinski definition) is 2. The molecule has 9 heteroatoms. The first-order valence-electron chi connectivity index (χ1n) is 10.6. The molecule has 0 fully saturated rings. The van der Waals surface area contributed by atoms with E-state index in [1.165, 1.54) is 32.5 Å². The number of pyridine rings is 1. The highest BCUT2D eigenvalue weighted by atomic mass is 19.4. The van der Waals surface area contributed by atoms with Crippen LogP contribution in [0.5, 0.6) is 5.75 Å². The number of carbonyl (C=O) groups excluding carboxylic acids is 1. The number of likely N-dealkylation sites (N-methyl/N-ethyl adjacent to an activating group) is 1. The molecule has 1 amide bonds. The Balaban J connectivity index is 1.89. The van der Waals surface area contributed by atoms with E-state index in [0.29, 0.717) is 24.0 Å². The van der Waals surface area contributed by atoms with Gasteiger partial charge in [-0.15, -0.1) is 0 Å². The van der Waals surface area contributed by atoms with Gasteiger partial charge in [-0.25, -0.2) is 4.39 Å². The molecule has 34 heavy (non-hydrogen) atoms. The molecule has 0 aliphatic rings. The predicted octanol–water partition coefficient (Wildman–Crippen LogP) is 5.00. The van der Waals surface area contributed by atoms with Gasteiger partial charge in [-0.2, -0.15) is 13.2 Å². The molecular weight excluding hydrogens is 450 g/mol. The van der Waals surface area contributed by atoms with Gasteiger partial charge in [-0.3, -0.25) is 15.1 Å². The minimum absolute atomic E-state index is 0.0525. The molecule has 2 atom stereocenters. The van der Waals surface area contributed by atoms with Crippen LogP contribution < -0.4 is 15.4 Å². The van der Waals surface area contributed by atoms with Crippen LogP contribution in [0.4, 0.5) is 17.6 Å². The third-order valence-electron chi connectivity index (χ3n) is 5.42. The summed E-state index contributed by atoms with van der Waals surface area (Å²) < 4.78 is 57.6. The van der Waals surface area contributed by atoms with Crippen LogP contribution in [0.15, 0.2) is 66.9 Å². The van der Waals surface area contributed by atoms with Crippen molar-refractivity contribution >= 4 is 5.91 Å². The van der Waals surface area contributed by atoms with Gasteiger partial charge in [0.15, 0.2) is 11.6 Å². The highest BCUT2D eigenvalue weighted by molar-refractivity contribution is 5.83. The molecule has 0 bridgehead atoms. The molecule has 5 nitrogen and oxygen atoms in total. The van der Waals surface area contributed by atoms with Crippen LogP contribution in [0.1, 0.15) is 40.9 Å². The summed E-state index contributed by atoms with van der Waals surface area (Å²) in [5.41, 5.74) is 1.04. The van der Waals surface area contributed by atoms with Crippen molar-refractivity contribution in [1.82, 2.24) is 15.6 Å². The van der Waals surface area contributed by atoms with E-state index in [1.807, 2.05) is 30.3 Å². The quantitative estimate of drug-likeness (QED) is 0.428. The Bertz CT molecular complexity index is 1090. The Hall–Kier alpha value is -3.46. The minimum atomic E-state index is -4.51. The molecule has 0 saturated heterocycles. The fourth-order valence-corrected chi connectivity index (χ4v) is 3.60. The molecule has 180 valence electrons. The molecule has 0 aliphatic carbocycles. The third-order valence-corrected chi connectivity index (χ3v) is 5.42. The number of aromatic nitrogens is 1. The summed E-state index contributed by atoms with van der Waals surface area (Å²) in [7, 11) is 2.89. The van der Waals surface area contributed by atoms with Gasteiger partial charge in [-0.1, -0.05) is 42.5 Å². The first kappa shape index (κ1) is 25.2. The number of hydrogen-bond acceptors (Lipinski definition) is 4. The number of rotatable bonds is 9. The largest absolute Gasteiger partial charge is 0.494 e. The van der Waals surface area contributed by atoms with E-state index in [0.717, 1.165) is 11.6 Å². The third kappa shape index (κ3) is 6.32. The van der Waals surface area contributed by atoms with Crippen molar-refractivity contribution in [2.75, 3.05) is 14.2 Å². The molecule has 0 saturated carbocycles. The molecule has 2 N–H and O–H groups in total. The lowest BCUT2D eigenvalue weighted by molar-refractivity contribution is -0.141. The minimum Gasteiger partial charge on any atom is -0.494 e. The fourth-order valence-electron chi connectivity index (χ4n) is 3.60. The Labute approximate surface area is 195 Å². The van der Waals surface area contributed by atoms with Crippen LogP contribution in [0.3, 0.4) is 0 Å². The van der Waals surface area contributed by atoms with E-state index < -0.39 is 29.8 Å². The second-order valence-corrected chi connectivity index (χ2v) is 7.66.